The van der Waals surface area contributed by atoms with Gasteiger partial charge in [0, 0.05) is 26.2 Å². The van der Waals surface area contributed by atoms with Crippen molar-refractivity contribution in [2.75, 3.05) is 32.7 Å². The minimum atomic E-state index is -4.20. The third-order valence-corrected chi connectivity index (χ3v) is 4.79. The van der Waals surface area contributed by atoms with Crippen LogP contribution in [0.1, 0.15) is 25.7 Å². The van der Waals surface area contributed by atoms with Crippen molar-refractivity contribution < 1.29 is 18.0 Å². The van der Waals surface area contributed by atoms with Gasteiger partial charge in [-0.1, -0.05) is 25.1 Å². The molecule has 120 valence electrons. The number of thiocarbonyl (C=S) groups is 1. The number of hydrogen-bond acceptors (Lipinski definition) is 3. The fraction of sp³-hybridized carbons (Fsp3) is 0.846. The number of piperazine rings is 1. The molecule has 4 nitrogen and oxygen atoms in total. The maximum absolute atomic E-state index is 12.7. The molecular weight excluding hydrogens is 303 g/mol. The van der Waals surface area contributed by atoms with E-state index < -0.39 is 18.1 Å². The van der Waals surface area contributed by atoms with Crippen LogP contribution in [0.25, 0.3) is 0 Å². The highest BCUT2D eigenvalue weighted by Gasteiger charge is 2.46. The van der Waals surface area contributed by atoms with Crippen LogP contribution in [0, 0.1) is 5.41 Å². The molecule has 0 bridgehead atoms. The zero-order valence-electron chi connectivity index (χ0n) is 11.8. The van der Waals surface area contributed by atoms with Crippen molar-refractivity contribution >= 4 is 23.1 Å². The predicted molar refractivity (Wildman–Crippen MR) is 76.8 cm³/mol. The summed E-state index contributed by atoms with van der Waals surface area (Å²) in [7, 11) is 0. The number of nitrogens with zero attached hydrogens (tertiary/aromatic N) is 2. The Balaban J connectivity index is 1.95. The second kappa shape index (κ2) is 6.08. The van der Waals surface area contributed by atoms with Gasteiger partial charge >= 0.3 is 6.18 Å². The van der Waals surface area contributed by atoms with Crippen molar-refractivity contribution in [2.45, 2.75) is 31.9 Å². The second-order valence-corrected chi connectivity index (χ2v) is 6.28. The Kier molecular flexibility index (Phi) is 4.77. The van der Waals surface area contributed by atoms with Crippen molar-refractivity contribution in [3.63, 3.8) is 0 Å². The lowest BCUT2D eigenvalue weighted by Crippen LogP contribution is -2.56. The Bertz CT molecular complexity index is 413. The van der Waals surface area contributed by atoms with Crippen molar-refractivity contribution in [2.24, 2.45) is 11.1 Å². The molecule has 1 aliphatic carbocycles. The maximum Gasteiger partial charge on any atom is 0.401 e. The summed E-state index contributed by atoms with van der Waals surface area (Å²) in [5, 5.41) is 0. The van der Waals surface area contributed by atoms with E-state index in [-0.39, 0.29) is 24.0 Å². The summed E-state index contributed by atoms with van der Waals surface area (Å²) in [4.78, 5) is 15.8. The minimum Gasteiger partial charge on any atom is -0.392 e. The molecular formula is C13H20F3N3OS. The zero-order chi connectivity index (χ0) is 15.7. The standard InChI is InChI=1S/C13H20F3N3OS/c14-13(15,16)9-18-5-7-19(8-6-18)11(20)12(10(17)21)3-1-2-4-12/h1-9H2,(H2,17,21). The Labute approximate surface area is 127 Å². The summed E-state index contributed by atoms with van der Waals surface area (Å²) >= 11 is 5.08. The van der Waals surface area contributed by atoms with Gasteiger partial charge in [0.05, 0.1) is 16.9 Å². The van der Waals surface area contributed by atoms with Crippen molar-refractivity contribution in [1.82, 2.24) is 9.80 Å². The van der Waals surface area contributed by atoms with Gasteiger partial charge in [-0.05, 0) is 12.8 Å². The third-order valence-electron chi connectivity index (χ3n) is 4.40. The monoisotopic (exact) mass is 323 g/mol. The first-order valence-electron chi connectivity index (χ1n) is 7.13. The van der Waals surface area contributed by atoms with Gasteiger partial charge < -0.3 is 10.6 Å². The summed E-state index contributed by atoms with van der Waals surface area (Å²) in [6.07, 6.45) is -1.06. The lowest BCUT2D eigenvalue weighted by Gasteiger charge is -2.39. The first-order chi connectivity index (χ1) is 9.74. The van der Waals surface area contributed by atoms with Gasteiger partial charge in [0.15, 0.2) is 0 Å². The van der Waals surface area contributed by atoms with Gasteiger partial charge in [-0.15, -0.1) is 0 Å². The quantitative estimate of drug-likeness (QED) is 0.801. The highest BCUT2D eigenvalue weighted by Crippen LogP contribution is 2.40. The molecule has 1 heterocycles. The van der Waals surface area contributed by atoms with Crippen LogP contribution in [0.4, 0.5) is 13.2 Å². The van der Waals surface area contributed by atoms with Crippen LogP contribution in [0.3, 0.4) is 0 Å². The van der Waals surface area contributed by atoms with Gasteiger partial charge in [-0.2, -0.15) is 13.2 Å². The van der Waals surface area contributed by atoms with Crippen LogP contribution in [0.2, 0.25) is 0 Å². The van der Waals surface area contributed by atoms with Gasteiger partial charge in [0.25, 0.3) is 0 Å². The van der Waals surface area contributed by atoms with Crippen LogP contribution < -0.4 is 5.73 Å². The van der Waals surface area contributed by atoms with Gasteiger partial charge in [0.2, 0.25) is 5.91 Å². The number of halogens is 3. The molecule has 0 radical (unpaired) electrons. The number of hydrogen-bond donors (Lipinski definition) is 1. The molecule has 2 rings (SSSR count). The molecule has 0 spiro atoms. The molecule has 0 aromatic rings. The molecule has 0 unspecified atom stereocenters. The van der Waals surface area contributed by atoms with E-state index in [4.69, 9.17) is 18.0 Å². The topological polar surface area (TPSA) is 49.6 Å². The number of carbonyl (C=O) groups excluding carboxylic acids is 1. The van der Waals surface area contributed by atoms with E-state index in [1.165, 1.54) is 4.90 Å². The van der Waals surface area contributed by atoms with Crippen LogP contribution in [0.5, 0.6) is 0 Å². The molecule has 1 saturated heterocycles. The summed E-state index contributed by atoms with van der Waals surface area (Å²) in [5.74, 6) is -0.0980. The number of amides is 1. The summed E-state index contributed by atoms with van der Waals surface area (Å²) in [6, 6.07) is 0. The third kappa shape index (κ3) is 3.66. The van der Waals surface area contributed by atoms with Gasteiger partial charge in [-0.3, -0.25) is 9.69 Å². The zero-order valence-corrected chi connectivity index (χ0v) is 12.6. The SMILES string of the molecule is NC(=S)C1(C(=O)N2CCN(CC(F)(F)F)CC2)CCCC1. The molecule has 0 aromatic carbocycles. The minimum absolute atomic E-state index is 0.0980. The van der Waals surface area contributed by atoms with Crippen LogP contribution in [-0.2, 0) is 4.79 Å². The Hall–Kier alpha value is -0.890. The van der Waals surface area contributed by atoms with Crippen LogP contribution >= 0.6 is 12.2 Å². The fourth-order valence-corrected chi connectivity index (χ4v) is 3.50. The van der Waals surface area contributed by atoms with E-state index >= 15 is 0 Å². The van der Waals surface area contributed by atoms with Crippen molar-refractivity contribution in [3.8, 4) is 0 Å². The van der Waals surface area contributed by atoms with Crippen LogP contribution in [-0.4, -0.2) is 59.6 Å². The predicted octanol–water partition coefficient (Wildman–Crippen LogP) is 1.54. The smallest absolute Gasteiger partial charge is 0.392 e. The van der Waals surface area contributed by atoms with E-state index in [9.17, 15) is 18.0 Å². The molecule has 1 amide bonds. The van der Waals surface area contributed by atoms with Gasteiger partial charge in [0.1, 0.15) is 0 Å². The average molecular weight is 323 g/mol. The molecule has 0 atom stereocenters. The van der Waals surface area contributed by atoms with E-state index in [0.29, 0.717) is 25.9 Å². The number of nitrogens with two attached hydrogens (primary N) is 1. The number of carbonyl (C=O) groups is 1. The van der Waals surface area contributed by atoms with E-state index in [1.807, 2.05) is 0 Å². The highest BCUT2D eigenvalue weighted by molar-refractivity contribution is 7.80. The Morgan fingerprint density at radius 1 is 1.14 bits per heavy atom. The summed E-state index contributed by atoms with van der Waals surface area (Å²) in [6.45, 7) is 0.158. The molecule has 1 saturated carbocycles. The van der Waals surface area contributed by atoms with Crippen molar-refractivity contribution in [3.05, 3.63) is 0 Å². The molecule has 2 fully saturated rings. The maximum atomic E-state index is 12.7. The molecule has 2 N–H and O–H groups in total. The average Bonchev–Trinajstić information content (AvgIpc) is 2.87. The lowest BCUT2D eigenvalue weighted by atomic mass is 9.84. The summed E-state index contributed by atoms with van der Waals surface area (Å²) < 4.78 is 37.1. The molecule has 1 aliphatic heterocycles. The summed E-state index contributed by atoms with van der Waals surface area (Å²) in [5.41, 5.74) is 5.01. The van der Waals surface area contributed by atoms with E-state index in [0.717, 1.165) is 12.8 Å². The first-order valence-corrected chi connectivity index (χ1v) is 7.54. The second-order valence-electron chi connectivity index (χ2n) is 5.84. The highest BCUT2D eigenvalue weighted by atomic mass is 32.1. The molecule has 8 heteroatoms. The molecule has 0 aromatic heterocycles. The molecule has 21 heavy (non-hydrogen) atoms. The van der Waals surface area contributed by atoms with Gasteiger partial charge in [-0.25, -0.2) is 0 Å². The Morgan fingerprint density at radius 2 is 1.67 bits per heavy atom. The first kappa shape index (κ1) is 16.5. The fourth-order valence-electron chi connectivity index (χ4n) is 3.21. The van der Waals surface area contributed by atoms with E-state index in [1.54, 1.807) is 4.90 Å². The number of alkyl halides is 3. The normalized spacial score (nSPS) is 23.3. The van der Waals surface area contributed by atoms with E-state index in [2.05, 4.69) is 0 Å². The van der Waals surface area contributed by atoms with Crippen molar-refractivity contribution in [1.29, 1.82) is 0 Å². The van der Waals surface area contributed by atoms with Crippen LogP contribution in [0.15, 0.2) is 0 Å². The lowest BCUT2D eigenvalue weighted by molar-refractivity contribution is -0.153. The molecule has 2 aliphatic rings. The largest absolute Gasteiger partial charge is 0.401 e. The number of rotatable bonds is 3. The Morgan fingerprint density at radius 3 is 2.10 bits per heavy atom.